The highest BCUT2D eigenvalue weighted by Crippen LogP contribution is 2.24. The van der Waals surface area contributed by atoms with Crippen molar-refractivity contribution in [1.82, 2.24) is 0 Å². The van der Waals surface area contributed by atoms with E-state index >= 15 is 0 Å². The molecule has 19 heavy (non-hydrogen) atoms. The van der Waals surface area contributed by atoms with Gasteiger partial charge in [0.15, 0.2) is 9.84 Å². The molecule has 1 aromatic rings. The Morgan fingerprint density at radius 2 is 1.89 bits per heavy atom. The van der Waals surface area contributed by atoms with Crippen LogP contribution in [0.5, 0.6) is 0 Å². The zero-order chi connectivity index (χ0) is 14.1. The van der Waals surface area contributed by atoms with Crippen LogP contribution in [0.25, 0.3) is 0 Å². The predicted molar refractivity (Wildman–Crippen MR) is 77.1 cm³/mol. The summed E-state index contributed by atoms with van der Waals surface area (Å²) in [7, 11) is -3.24. The van der Waals surface area contributed by atoms with Gasteiger partial charge in [0, 0.05) is 12.3 Å². The third kappa shape index (κ3) is 3.12. The first-order valence-electron chi connectivity index (χ1n) is 6.01. The lowest BCUT2D eigenvalue weighted by molar-refractivity contribution is 0.465. The van der Waals surface area contributed by atoms with E-state index < -0.39 is 21.4 Å². The molecule has 5 heteroatoms. The second kappa shape index (κ2) is 4.92. The lowest BCUT2D eigenvalue weighted by Gasteiger charge is -2.33. The molecule has 1 aromatic carbocycles. The molecule has 0 aliphatic heterocycles. The molecule has 2 unspecified atom stereocenters. The van der Waals surface area contributed by atoms with Crippen LogP contribution in [-0.4, -0.2) is 26.3 Å². The molecular formula is C14H18N2O2S. The van der Waals surface area contributed by atoms with E-state index in [1.54, 1.807) is 12.2 Å². The van der Waals surface area contributed by atoms with E-state index in [0.29, 0.717) is 6.42 Å². The molecule has 2 rings (SSSR count). The second-order valence-electron chi connectivity index (χ2n) is 4.98. The SMILES string of the molecule is CS(=O)(=O)C1=CC(N)C(N)(Cc2ccccc2)C=C1. The van der Waals surface area contributed by atoms with Gasteiger partial charge in [0.2, 0.25) is 0 Å². The van der Waals surface area contributed by atoms with E-state index in [9.17, 15) is 8.42 Å². The first kappa shape index (κ1) is 14.0. The summed E-state index contributed by atoms with van der Waals surface area (Å²) in [6.45, 7) is 0. The zero-order valence-electron chi connectivity index (χ0n) is 10.8. The molecule has 2 atom stereocenters. The molecule has 0 heterocycles. The van der Waals surface area contributed by atoms with E-state index in [4.69, 9.17) is 11.5 Å². The van der Waals surface area contributed by atoms with Gasteiger partial charge < -0.3 is 11.5 Å². The molecule has 0 fully saturated rings. The van der Waals surface area contributed by atoms with Gasteiger partial charge in [-0.2, -0.15) is 0 Å². The molecule has 0 spiro atoms. The van der Waals surface area contributed by atoms with Gasteiger partial charge in [-0.15, -0.1) is 0 Å². The van der Waals surface area contributed by atoms with Gasteiger partial charge >= 0.3 is 0 Å². The van der Waals surface area contributed by atoms with Crippen LogP contribution in [-0.2, 0) is 16.3 Å². The highest BCUT2D eigenvalue weighted by atomic mass is 32.2. The number of hydrogen-bond acceptors (Lipinski definition) is 4. The Morgan fingerprint density at radius 1 is 1.26 bits per heavy atom. The average Bonchev–Trinajstić information content (AvgIpc) is 2.33. The summed E-state index contributed by atoms with van der Waals surface area (Å²) in [6, 6.07) is 9.24. The number of nitrogens with two attached hydrogens (primary N) is 2. The number of rotatable bonds is 3. The third-order valence-electron chi connectivity index (χ3n) is 3.30. The molecule has 1 aliphatic rings. The fourth-order valence-corrected chi connectivity index (χ4v) is 2.82. The van der Waals surface area contributed by atoms with Crippen molar-refractivity contribution >= 4 is 9.84 Å². The van der Waals surface area contributed by atoms with Gasteiger partial charge in [0.05, 0.1) is 10.4 Å². The lowest BCUT2D eigenvalue weighted by atomic mass is 9.82. The van der Waals surface area contributed by atoms with Gasteiger partial charge in [-0.1, -0.05) is 36.4 Å². The maximum absolute atomic E-state index is 11.5. The molecule has 4 N–H and O–H groups in total. The zero-order valence-corrected chi connectivity index (χ0v) is 11.6. The van der Waals surface area contributed by atoms with Crippen molar-refractivity contribution in [2.24, 2.45) is 11.5 Å². The Labute approximate surface area is 113 Å². The Balaban J connectivity index is 2.25. The van der Waals surface area contributed by atoms with E-state index in [1.807, 2.05) is 30.3 Å². The van der Waals surface area contributed by atoms with Crippen LogP contribution in [0.3, 0.4) is 0 Å². The topological polar surface area (TPSA) is 86.2 Å². The molecule has 0 radical (unpaired) electrons. The van der Waals surface area contributed by atoms with Crippen molar-refractivity contribution in [1.29, 1.82) is 0 Å². The summed E-state index contributed by atoms with van der Waals surface area (Å²) in [6.07, 6.45) is 6.50. The fraction of sp³-hybridized carbons (Fsp3) is 0.286. The monoisotopic (exact) mass is 278 g/mol. The summed E-state index contributed by atoms with van der Waals surface area (Å²) in [5.74, 6) is 0. The summed E-state index contributed by atoms with van der Waals surface area (Å²) in [5, 5.41) is 0. The molecule has 0 saturated heterocycles. The molecule has 0 saturated carbocycles. The Bertz CT molecular complexity index is 620. The minimum absolute atomic E-state index is 0.231. The van der Waals surface area contributed by atoms with E-state index in [0.717, 1.165) is 11.8 Å². The van der Waals surface area contributed by atoms with Gasteiger partial charge in [0.1, 0.15) is 0 Å². The van der Waals surface area contributed by atoms with Crippen LogP contribution in [0.2, 0.25) is 0 Å². The standard InChI is InChI=1S/C14H18N2O2S/c1-19(17,18)12-7-8-14(16,13(15)9-12)10-11-5-3-2-4-6-11/h2-9,13H,10,15-16H2,1H3. The largest absolute Gasteiger partial charge is 0.323 e. The summed E-state index contributed by atoms with van der Waals surface area (Å²) < 4.78 is 23.0. The minimum Gasteiger partial charge on any atom is -0.323 e. The van der Waals surface area contributed by atoms with Crippen molar-refractivity contribution in [3.05, 3.63) is 59.0 Å². The van der Waals surface area contributed by atoms with Gasteiger partial charge in [-0.3, -0.25) is 0 Å². The van der Waals surface area contributed by atoms with Crippen LogP contribution < -0.4 is 11.5 Å². The maximum Gasteiger partial charge on any atom is 0.175 e. The Hall–Kier alpha value is -1.43. The van der Waals surface area contributed by atoms with Crippen molar-refractivity contribution in [3.63, 3.8) is 0 Å². The highest BCUT2D eigenvalue weighted by molar-refractivity contribution is 7.94. The molecule has 4 nitrogen and oxygen atoms in total. The number of hydrogen-bond donors (Lipinski definition) is 2. The van der Waals surface area contributed by atoms with E-state index in [1.165, 1.54) is 6.08 Å². The Kier molecular flexibility index (Phi) is 3.62. The van der Waals surface area contributed by atoms with Crippen LogP contribution in [0.15, 0.2) is 53.5 Å². The van der Waals surface area contributed by atoms with Gasteiger partial charge in [-0.05, 0) is 24.1 Å². The van der Waals surface area contributed by atoms with Gasteiger partial charge in [0.25, 0.3) is 0 Å². The summed E-state index contributed by atoms with van der Waals surface area (Å²) >= 11 is 0. The molecule has 102 valence electrons. The van der Waals surface area contributed by atoms with Crippen molar-refractivity contribution in [2.45, 2.75) is 18.0 Å². The smallest absolute Gasteiger partial charge is 0.175 e. The highest BCUT2D eigenvalue weighted by Gasteiger charge is 2.32. The minimum atomic E-state index is -3.24. The van der Waals surface area contributed by atoms with Crippen molar-refractivity contribution in [2.75, 3.05) is 6.26 Å². The molecular weight excluding hydrogens is 260 g/mol. The molecule has 1 aliphatic carbocycles. The summed E-state index contributed by atoms with van der Waals surface area (Å²) in [5.41, 5.74) is 12.6. The van der Waals surface area contributed by atoms with Crippen molar-refractivity contribution in [3.8, 4) is 0 Å². The first-order chi connectivity index (χ1) is 8.81. The summed E-state index contributed by atoms with van der Waals surface area (Å²) in [4.78, 5) is 0.231. The molecule has 0 amide bonds. The average molecular weight is 278 g/mol. The number of benzene rings is 1. The number of allylic oxidation sites excluding steroid dienone is 1. The third-order valence-corrected chi connectivity index (χ3v) is 4.43. The van der Waals surface area contributed by atoms with Crippen LogP contribution in [0.1, 0.15) is 5.56 Å². The number of sulfone groups is 1. The van der Waals surface area contributed by atoms with Gasteiger partial charge in [-0.25, -0.2) is 8.42 Å². The van der Waals surface area contributed by atoms with E-state index in [-0.39, 0.29) is 4.91 Å². The van der Waals surface area contributed by atoms with Crippen LogP contribution >= 0.6 is 0 Å². The second-order valence-corrected chi connectivity index (χ2v) is 6.99. The lowest BCUT2D eigenvalue weighted by Crippen LogP contribution is -2.55. The van der Waals surface area contributed by atoms with Crippen LogP contribution in [0.4, 0.5) is 0 Å². The fourth-order valence-electron chi connectivity index (χ4n) is 2.11. The normalized spacial score (nSPS) is 27.1. The predicted octanol–water partition coefficient (Wildman–Crippen LogP) is 0.752. The maximum atomic E-state index is 11.5. The quantitative estimate of drug-likeness (QED) is 0.854. The van der Waals surface area contributed by atoms with Crippen LogP contribution in [0, 0.1) is 0 Å². The van der Waals surface area contributed by atoms with E-state index in [2.05, 4.69) is 0 Å². The molecule has 0 bridgehead atoms. The Morgan fingerprint density at radius 3 is 2.42 bits per heavy atom. The first-order valence-corrected chi connectivity index (χ1v) is 7.90. The molecule has 0 aromatic heterocycles. The van der Waals surface area contributed by atoms with Crippen molar-refractivity contribution < 1.29 is 8.42 Å².